The molecule has 24 heavy (non-hydrogen) atoms. The van der Waals surface area contributed by atoms with E-state index in [4.69, 9.17) is 0 Å². The van der Waals surface area contributed by atoms with Crippen LogP contribution in [0.2, 0.25) is 0 Å². The van der Waals surface area contributed by atoms with Gasteiger partial charge in [-0.05, 0) is 38.2 Å². The van der Waals surface area contributed by atoms with Crippen LogP contribution in [0.15, 0.2) is 36.9 Å². The summed E-state index contributed by atoms with van der Waals surface area (Å²) >= 11 is 0. The average Bonchev–Trinajstić information content (AvgIpc) is 2.60. The molecule has 0 aliphatic rings. The van der Waals surface area contributed by atoms with Gasteiger partial charge in [-0.2, -0.15) is 0 Å². The van der Waals surface area contributed by atoms with Crippen molar-refractivity contribution in [1.82, 2.24) is 25.2 Å². The van der Waals surface area contributed by atoms with Crippen molar-refractivity contribution in [2.75, 3.05) is 45.7 Å². The third-order valence-electron chi connectivity index (χ3n) is 3.59. The van der Waals surface area contributed by atoms with E-state index >= 15 is 0 Å². The Kier molecular flexibility index (Phi) is 6.62. The highest BCUT2D eigenvalue weighted by Crippen LogP contribution is 2.08. The van der Waals surface area contributed by atoms with Crippen LogP contribution in [0.25, 0.3) is 0 Å². The van der Waals surface area contributed by atoms with Crippen LogP contribution < -0.4 is 10.2 Å². The molecule has 0 spiro atoms. The van der Waals surface area contributed by atoms with Crippen molar-refractivity contribution in [3.05, 3.63) is 48.2 Å². The zero-order valence-corrected chi connectivity index (χ0v) is 14.4. The third-order valence-corrected chi connectivity index (χ3v) is 3.59. The van der Waals surface area contributed by atoms with Gasteiger partial charge in [0.05, 0.1) is 12.4 Å². The van der Waals surface area contributed by atoms with Gasteiger partial charge in [-0.15, -0.1) is 0 Å². The minimum Gasteiger partial charge on any atom is -0.358 e. The molecule has 1 amide bonds. The molecule has 0 atom stereocenters. The molecular weight excluding hydrogens is 304 g/mol. The molecule has 0 saturated heterocycles. The molecule has 0 unspecified atom stereocenters. The summed E-state index contributed by atoms with van der Waals surface area (Å²) < 4.78 is 0. The van der Waals surface area contributed by atoms with Crippen LogP contribution in [0.3, 0.4) is 0 Å². The molecule has 2 heterocycles. The Morgan fingerprint density at radius 1 is 1.08 bits per heavy atom. The van der Waals surface area contributed by atoms with Crippen LogP contribution in [0.4, 0.5) is 5.82 Å². The molecule has 0 saturated carbocycles. The van der Waals surface area contributed by atoms with Gasteiger partial charge >= 0.3 is 0 Å². The van der Waals surface area contributed by atoms with Gasteiger partial charge in [-0.25, -0.2) is 9.97 Å². The SMILES string of the molecule is CN(C)CCNC(=O)c1cnc(N(C)CCc2ccncc2)cn1. The van der Waals surface area contributed by atoms with Crippen LogP contribution in [0.5, 0.6) is 0 Å². The van der Waals surface area contributed by atoms with E-state index in [1.54, 1.807) is 18.6 Å². The van der Waals surface area contributed by atoms with E-state index in [2.05, 4.69) is 20.3 Å². The maximum Gasteiger partial charge on any atom is 0.271 e. The van der Waals surface area contributed by atoms with E-state index < -0.39 is 0 Å². The zero-order valence-electron chi connectivity index (χ0n) is 14.4. The molecule has 2 aromatic rings. The number of hydrogen-bond donors (Lipinski definition) is 1. The number of pyridine rings is 1. The summed E-state index contributed by atoms with van der Waals surface area (Å²) in [4.78, 5) is 28.5. The molecule has 0 bridgehead atoms. The highest BCUT2D eigenvalue weighted by atomic mass is 16.1. The Balaban J connectivity index is 1.85. The first kappa shape index (κ1) is 17.8. The molecule has 0 radical (unpaired) electrons. The second-order valence-electron chi connectivity index (χ2n) is 5.85. The molecule has 0 aliphatic carbocycles. The van der Waals surface area contributed by atoms with Gasteiger partial charge in [-0.3, -0.25) is 9.78 Å². The van der Waals surface area contributed by atoms with Crippen molar-refractivity contribution < 1.29 is 4.79 Å². The van der Waals surface area contributed by atoms with Gasteiger partial charge in [0.1, 0.15) is 11.5 Å². The lowest BCUT2D eigenvalue weighted by molar-refractivity contribution is 0.0945. The van der Waals surface area contributed by atoms with Gasteiger partial charge in [0.25, 0.3) is 5.91 Å². The molecule has 0 aromatic carbocycles. The molecule has 2 aromatic heterocycles. The molecular formula is C17H24N6O. The monoisotopic (exact) mass is 328 g/mol. The molecule has 7 heteroatoms. The molecule has 0 aliphatic heterocycles. The van der Waals surface area contributed by atoms with Crippen molar-refractivity contribution in [3.8, 4) is 0 Å². The highest BCUT2D eigenvalue weighted by Gasteiger charge is 2.09. The van der Waals surface area contributed by atoms with Gasteiger partial charge in [0.15, 0.2) is 0 Å². The Morgan fingerprint density at radius 2 is 1.83 bits per heavy atom. The predicted octanol–water partition coefficient (Wildman–Crippen LogP) is 0.842. The number of carbonyl (C=O) groups excluding carboxylic acids is 1. The second-order valence-corrected chi connectivity index (χ2v) is 5.85. The van der Waals surface area contributed by atoms with Crippen LogP contribution in [0.1, 0.15) is 16.1 Å². The Bertz CT molecular complexity index is 629. The van der Waals surface area contributed by atoms with Crippen molar-refractivity contribution in [1.29, 1.82) is 0 Å². The smallest absolute Gasteiger partial charge is 0.271 e. The highest BCUT2D eigenvalue weighted by molar-refractivity contribution is 5.91. The number of anilines is 1. The van der Waals surface area contributed by atoms with Crippen molar-refractivity contribution in [2.45, 2.75) is 6.42 Å². The van der Waals surface area contributed by atoms with E-state index in [0.29, 0.717) is 12.2 Å². The van der Waals surface area contributed by atoms with E-state index in [1.165, 1.54) is 11.8 Å². The molecule has 1 N–H and O–H groups in total. The van der Waals surface area contributed by atoms with Gasteiger partial charge in [-0.1, -0.05) is 0 Å². The predicted molar refractivity (Wildman–Crippen MR) is 94.1 cm³/mol. The number of hydrogen-bond acceptors (Lipinski definition) is 6. The Labute approximate surface area is 142 Å². The summed E-state index contributed by atoms with van der Waals surface area (Å²) in [7, 11) is 5.88. The van der Waals surface area contributed by atoms with Crippen LogP contribution in [0, 0.1) is 0 Å². The summed E-state index contributed by atoms with van der Waals surface area (Å²) in [5.41, 5.74) is 1.56. The Morgan fingerprint density at radius 3 is 2.46 bits per heavy atom. The minimum absolute atomic E-state index is 0.199. The standard InChI is InChI=1S/C17H24N6O/c1-22(2)11-9-19-17(24)15-12-21-16(13-20-15)23(3)10-6-14-4-7-18-8-5-14/h4-5,7-8,12-13H,6,9-11H2,1-3H3,(H,19,24). The number of rotatable bonds is 8. The fourth-order valence-electron chi connectivity index (χ4n) is 2.08. The summed E-state index contributed by atoms with van der Waals surface area (Å²) in [6.07, 6.45) is 7.63. The lowest BCUT2D eigenvalue weighted by atomic mass is 10.2. The molecule has 128 valence electrons. The number of aromatic nitrogens is 3. The Hall–Kier alpha value is -2.54. The summed E-state index contributed by atoms with van der Waals surface area (Å²) in [5, 5.41) is 2.82. The summed E-state index contributed by atoms with van der Waals surface area (Å²) in [6, 6.07) is 4.00. The first-order valence-electron chi connectivity index (χ1n) is 7.91. The first-order valence-corrected chi connectivity index (χ1v) is 7.91. The number of likely N-dealkylation sites (N-methyl/N-ethyl adjacent to an activating group) is 2. The largest absolute Gasteiger partial charge is 0.358 e. The van der Waals surface area contributed by atoms with E-state index in [1.807, 2.05) is 43.1 Å². The van der Waals surface area contributed by atoms with E-state index in [0.717, 1.165) is 25.3 Å². The normalized spacial score (nSPS) is 10.7. The van der Waals surface area contributed by atoms with Crippen molar-refractivity contribution >= 4 is 11.7 Å². The molecule has 2 rings (SSSR count). The van der Waals surface area contributed by atoms with E-state index in [9.17, 15) is 4.79 Å². The van der Waals surface area contributed by atoms with Crippen LogP contribution in [-0.2, 0) is 6.42 Å². The second kappa shape index (κ2) is 8.93. The number of carbonyl (C=O) groups is 1. The maximum absolute atomic E-state index is 12.0. The van der Waals surface area contributed by atoms with Gasteiger partial charge in [0.2, 0.25) is 0 Å². The van der Waals surface area contributed by atoms with Gasteiger partial charge in [0, 0.05) is 39.1 Å². The first-order chi connectivity index (χ1) is 11.6. The quantitative estimate of drug-likeness (QED) is 0.774. The van der Waals surface area contributed by atoms with Crippen LogP contribution >= 0.6 is 0 Å². The van der Waals surface area contributed by atoms with E-state index in [-0.39, 0.29) is 5.91 Å². The minimum atomic E-state index is -0.199. The third kappa shape index (κ3) is 5.58. The number of nitrogens with zero attached hydrogens (tertiary/aromatic N) is 5. The topological polar surface area (TPSA) is 74.2 Å². The van der Waals surface area contributed by atoms with Crippen molar-refractivity contribution in [2.24, 2.45) is 0 Å². The van der Waals surface area contributed by atoms with Crippen molar-refractivity contribution in [3.63, 3.8) is 0 Å². The lowest BCUT2D eigenvalue weighted by Crippen LogP contribution is -2.32. The summed E-state index contributed by atoms with van der Waals surface area (Å²) in [5.74, 6) is 0.546. The van der Waals surface area contributed by atoms with Gasteiger partial charge < -0.3 is 15.1 Å². The summed E-state index contributed by atoms with van der Waals surface area (Å²) in [6.45, 7) is 2.18. The zero-order chi connectivity index (χ0) is 17.4. The molecule has 7 nitrogen and oxygen atoms in total. The fourth-order valence-corrected chi connectivity index (χ4v) is 2.08. The number of amides is 1. The average molecular weight is 328 g/mol. The fraction of sp³-hybridized carbons (Fsp3) is 0.412. The number of nitrogens with one attached hydrogen (secondary N) is 1. The molecule has 0 fully saturated rings. The maximum atomic E-state index is 12.0. The van der Waals surface area contributed by atoms with Crippen LogP contribution in [-0.4, -0.2) is 66.5 Å². The lowest BCUT2D eigenvalue weighted by Gasteiger charge is -2.17.